The van der Waals surface area contributed by atoms with Crippen LogP contribution in [0.1, 0.15) is 21.6 Å². The zero-order valence-electron chi connectivity index (χ0n) is 14.6. The molecule has 6 nitrogen and oxygen atoms in total. The fraction of sp³-hybridized carbons (Fsp3) is 0.250. The smallest absolute Gasteiger partial charge is 0.255 e. The second kappa shape index (κ2) is 7.00. The lowest BCUT2D eigenvalue weighted by atomic mass is 10.2. The number of amides is 1. The summed E-state index contributed by atoms with van der Waals surface area (Å²) in [5, 5.41) is 0. The summed E-state index contributed by atoms with van der Waals surface area (Å²) in [6.07, 6.45) is 6.91. The molecule has 1 aliphatic heterocycles. The third kappa shape index (κ3) is 3.44. The summed E-state index contributed by atoms with van der Waals surface area (Å²) in [4.78, 5) is 23.3. The first kappa shape index (κ1) is 16.3. The van der Waals surface area contributed by atoms with Gasteiger partial charge in [0.15, 0.2) is 0 Å². The molecule has 1 atom stereocenters. The van der Waals surface area contributed by atoms with E-state index in [0.29, 0.717) is 31.1 Å². The lowest BCUT2D eigenvalue weighted by Gasteiger charge is -2.24. The van der Waals surface area contributed by atoms with Gasteiger partial charge in [0.2, 0.25) is 5.88 Å². The Kier molecular flexibility index (Phi) is 4.39. The molecule has 0 N–H and O–H groups in total. The topological polar surface area (TPSA) is 60.2 Å². The molecule has 4 heterocycles. The molecule has 1 unspecified atom stereocenters. The summed E-state index contributed by atoms with van der Waals surface area (Å²) < 4.78 is 8.19. The van der Waals surface area contributed by atoms with Crippen LogP contribution in [-0.4, -0.2) is 38.0 Å². The minimum Gasteiger partial charge on any atom is -0.471 e. The predicted molar refractivity (Wildman–Crippen MR) is 96.8 cm³/mol. The maximum absolute atomic E-state index is 13.0. The highest BCUT2D eigenvalue weighted by Gasteiger charge is 2.27. The zero-order valence-corrected chi connectivity index (χ0v) is 14.6. The number of aromatic nitrogens is 3. The van der Waals surface area contributed by atoms with Gasteiger partial charge in [-0.1, -0.05) is 6.07 Å². The molecule has 0 radical (unpaired) electrons. The van der Waals surface area contributed by atoms with Crippen LogP contribution in [0.4, 0.5) is 0 Å². The molecule has 3 aromatic heterocycles. The van der Waals surface area contributed by atoms with Crippen LogP contribution in [0.25, 0.3) is 0 Å². The number of carbonyl (C=O) groups is 1. The van der Waals surface area contributed by atoms with E-state index in [0.717, 1.165) is 11.3 Å². The minimum absolute atomic E-state index is 0.0366. The molecule has 1 amide bonds. The molecular weight excluding hydrogens is 328 g/mol. The maximum atomic E-state index is 13.0. The van der Waals surface area contributed by atoms with Gasteiger partial charge in [0.05, 0.1) is 25.2 Å². The van der Waals surface area contributed by atoms with Gasteiger partial charge in [-0.3, -0.25) is 9.78 Å². The Morgan fingerprint density at radius 3 is 2.92 bits per heavy atom. The molecule has 0 bridgehead atoms. The Bertz CT molecular complexity index is 907. The summed E-state index contributed by atoms with van der Waals surface area (Å²) in [5.41, 5.74) is 2.66. The van der Waals surface area contributed by atoms with Gasteiger partial charge in [0.1, 0.15) is 6.10 Å². The number of aryl methyl sites for hydroxylation is 1. The molecule has 26 heavy (non-hydrogen) atoms. The van der Waals surface area contributed by atoms with Gasteiger partial charge in [-0.2, -0.15) is 0 Å². The van der Waals surface area contributed by atoms with Crippen LogP contribution in [-0.2, 0) is 13.1 Å². The second-order valence-electron chi connectivity index (χ2n) is 6.50. The zero-order chi connectivity index (χ0) is 17.9. The van der Waals surface area contributed by atoms with Crippen molar-refractivity contribution in [2.45, 2.75) is 26.1 Å². The summed E-state index contributed by atoms with van der Waals surface area (Å²) in [6.45, 7) is 3.64. The Hall–Kier alpha value is -3.15. The van der Waals surface area contributed by atoms with Crippen LogP contribution >= 0.6 is 0 Å². The first-order valence-electron chi connectivity index (χ1n) is 8.62. The van der Waals surface area contributed by atoms with E-state index in [1.165, 1.54) is 0 Å². The third-order valence-electron chi connectivity index (χ3n) is 4.44. The summed E-state index contributed by atoms with van der Waals surface area (Å²) >= 11 is 0. The first-order chi connectivity index (χ1) is 12.7. The normalized spacial score (nSPS) is 16.7. The first-order valence-corrected chi connectivity index (χ1v) is 8.62. The molecular formula is C20H20N4O2. The lowest BCUT2D eigenvalue weighted by molar-refractivity contribution is 0.0646. The molecule has 6 heteroatoms. The van der Waals surface area contributed by atoms with Crippen LogP contribution in [0.15, 0.2) is 61.2 Å². The number of nitrogens with zero attached hydrogens (tertiary/aromatic N) is 4. The van der Waals surface area contributed by atoms with Gasteiger partial charge in [0, 0.05) is 36.5 Å². The van der Waals surface area contributed by atoms with E-state index in [1.54, 1.807) is 18.6 Å². The van der Waals surface area contributed by atoms with Crippen molar-refractivity contribution in [2.24, 2.45) is 0 Å². The van der Waals surface area contributed by atoms with Gasteiger partial charge < -0.3 is 14.2 Å². The molecule has 4 rings (SSSR count). The third-order valence-corrected chi connectivity index (χ3v) is 4.44. The number of ether oxygens (including phenoxy) is 1. The number of fused-ring (bicyclic) bond motifs is 1. The van der Waals surface area contributed by atoms with Crippen molar-refractivity contribution < 1.29 is 9.53 Å². The molecule has 0 aliphatic carbocycles. The van der Waals surface area contributed by atoms with Crippen molar-refractivity contribution in [1.82, 2.24) is 19.4 Å². The van der Waals surface area contributed by atoms with Crippen LogP contribution < -0.4 is 4.74 Å². The Morgan fingerprint density at radius 2 is 2.12 bits per heavy atom. The van der Waals surface area contributed by atoms with E-state index in [2.05, 4.69) is 14.5 Å². The fourth-order valence-corrected chi connectivity index (χ4v) is 3.23. The van der Waals surface area contributed by atoms with Crippen molar-refractivity contribution in [3.63, 3.8) is 0 Å². The Balaban J connectivity index is 1.61. The minimum atomic E-state index is -0.180. The SMILES string of the molecule is Cc1cncc(C(=O)N2Cc3cccn3CC(Oc3ccccn3)C2)c1. The number of rotatable bonds is 3. The van der Waals surface area contributed by atoms with Crippen molar-refractivity contribution >= 4 is 5.91 Å². The molecule has 132 valence electrons. The van der Waals surface area contributed by atoms with Gasteiger partial charge >= 0.3 is 0 Å². The summed E-state index contributed by atoms with van der Waals surface area (Å²) in [7, 11) is 0. The van der Waals surface area contributed by atoms with Crippen molar-refractivity contribution in [3.8, 4) is 5.88 Å². The second-order valence-corrected chi connectivity index (χ2v) is 6.50. The van der Waals surface area contributed by atoms with Gasteiger partial charge in [0.25, 0.3) is 5.91 Å². The maximum Gasteiger partial charge on any atom is 0.255 e. The van der Waals surface area contributed by atoms with E-state index in [4.69, 9.17) is 4.74 Å². The van der Waals surface area contributed by atoms with Crippen LogP contribution in [0.3, 0.4) is 0 Å². The number of carbonyl (C=O) groups excluding carboxylic acids is 1. The highest BCUT2D eigenvalue weighted by atomic mass is 16.5. The number of pyridine rings is 2. The van der Waals surface area contributed by atoms with Crippen LogP contribution in [0.2, 0.25) is 0 Å². The number of hydrogen-bond acceptors (Lipinski definition) is 4. The molecule has 0 saturated heterocycles. The Labute approximate surface area is 152 Å². The van der Waals surface area contributed by atoms with E-state index < -0.39 is 0 Å². The standard InChI is InChI=1S/C20H20N4O2/c1-15-9-16(11-21-10-15)20(25)24-12-17-5-4-8-23(17)13-18(14-24)26-19-6-2-3-7-22-19/h2-11,18H,12-14H2,1H3. The highest BCUT2D eigenvalue weighted by Crippen LogP contribution is 2.19. The Morgan fingerprint density at radius 1 is 1.19 bits per heavy atom. The largest absolute Gasteiger partial charge is 0.471 e. The number of hydrogen-bond donors (Lipinski definition) is 0. The quantitative estimate of drug-likeness (QED) is 0.730. The lowest BCUT2D eigenvalue weighted by Crippen LogP contribution is -2.38. The summed E-state index contributed by atoms with van der Waals surface area (Å²) in [6, 6.07) is 11.5. The van der Waals surface area contributed by atoms with Crippen molar-refractivity contribution in [3.05, 3.63) is 78.0 Å². The van der Waals surface area contributed by atoms with Gasteiger partial charge in [-0.15, -0.1) is 0 Å². The van der Waals surface area contributed by atoms with Crippen LogP contribution in [0, 0.1) is 6.92 Å². The summed E-state index contributed by atoms with van der Waals surface area (Å²) in [5.74, 6) is 0.531. The molecule has 3 aromatic rings. The molecule has 0 fully saturated rings. The average molecular weight is 348 g/mol. The van der Waals surface area contributed by atoms with E-state index in [1.807, 2.05) is 54.4 Å². The molecule has 1 aliphatic rings. The van der Waals surface area contributed by atoms with Crippen molar-refractivity contribution in [1.29, 1.82) is 0 Å². The predicted octanol–water partition coefficient (Wildman–Crippen LogP) is 2.69. The van der Waals surface area contributed by atoms with Gasteiger partial charge in [-0.05, 0) is 36.8 Å². The molecule has 0 spiro atoms. The fourth-order valence-electron chi connectivity index (χ4n) is 3.23. The van der Waals surface area contributed by atoms with E-state index in [9.17, 15) is 4.79 Å². The molecule has 0 saturated carbocycles. The van der Waals surface area contributed by atoms with E-state index >= 15 is 0 Å². The highest BCUT2D eigenvalue weighted by molar-refractivity contribution is 5.94. The molecule has 0 aromatic carbocycles. The average Bonchev–Trinajstić information content (AvgIpc) is 3.00. The van der Waals surface area contributed by atoms with Crippen molar-refractivity contribution in [2.75, 3.05) is 6.54 Å². The monoisotopic (exact) mass is 348 g/mol. The van der Waals surface area contributed by atoms with Crippen LogP contribution in [0.5, 0.6) is 5.88 Å². The van der Waals surface area contributed by atoms with E-state index in [-0.39, 0.29) is 12.0 Å². The van der Waals surface area contributed by atoms with Gasteiger partial charge in [-0.25, -0.2) is 4.98 Å².